The second-order valence-corrected chi connectivity index (χ2v) is 5.66. The Kier molecular flexibility index (Phi) is 6.49. The first-order valence-corrected chi connectivity index (χ1v) is 7.22. The largest absolute Gasteiger partial charge is 0.496 e. The summed E-state index contributed by atoms with van der Waals surface area (Å²) in [6, 6.07) is 8.10. The number of nitrogens with two attached hydrogens (primary N) is 1. The van der Waals surface area contributed by atoms with Crippen LogP contribution >= 0.6 is 12.4 Å². The van der Waals surface area contributed by atoms with Crippen molar-refractivity contribution in [1.29, 1.82) is 0 Å². The van der Waals surface area contributed by atoms with Gasteiger partial charge in [0.25, 0.3) is 0 Å². The summed E-state index contributed by atoms with van der Waals surface area (Å²) in [5, 5.41) is 0. The second kappa shape index (κ2) is 7.66. The minimum atomic E-state index is -0.148. The molecule has 1 saturated carbocycles. The highest BCUT2D eigenvalue weighted by Crippen LogP contribution is 2.31. The second-order valence-electron chi connectivity index (χ2n) is 5.66. The summed E-state index contributed by atoms with van der Waals surface area (Å²) in [6.45, 7) is 4.39. The first kappa shape index (κ1) is 17.8. The number of hydrogen-bond acceptors (Lipinski definition) is 3. The van der Waals surface area contributed by atoms with Gasteiger partial charge in [0, 0.05) is 24.2 Å². The van der Waals surface area contributed by atoms with E-state index in [1.165, 1.54) is 0 Å². The normalized spacial score (nSPS) is 16.6. The Morgan fingerprint density at radius 2 is 2.00 bits per heavy atom. The standard InChI is InChI=1S/C16H24N2O2.ClH/c1-11(12(2)17)16(19)18(14-8-9-14)10-13-6-4-5-7-15(13)20-3;/h4-7,11-12,14H,8-10,17H2,1-3H3;1H. The first-order chi connectivity index (χ1) is 9.54. The van der Waals surface area contributed by atoms with Gasteiger partial charge in [-0.1, -0.05) is 25.1 Å². The molecular weight excluding hydrogens is 288 g/mol. The van der Waals surface area contributed by atoms with Gasteiger partial charge in [0.1, 0.15) is 5.75 Å². The number of carbonyl (C=O) groups excluding carboxylic acids is 1. The zero-order chi connectivity index (χ0) is 14.7. The SMILES string of the molecule is COc1ccccc1CN(C(=O)C(C)C(C)N)C1CC1.Cl. The van der Waals surface area contributed by atoms with Crippen molar-refractivity contribution in [1.82, 2.24) is 4.90 Å². The first-order valence-electron chi connectivity index (χ1n) is 7.22. The molecule has 0 heterocycles. The summed E-state index contributed by atoms with van der Waals surface area (Å²) in [5.41, 5.74) is 6.92. The van der Waals surface area contributed by atoms with Gasteiger partial charge in [-0.05, 0) is 25.8 Å². The molecule has 5 heteroatoms. The third-order valence-electron chi connectivity index (χ3n) is 3.98. The van der Waals surface area contributed by atoms with Crippen molar-refractivity contribution in [2.75, 3.05) is 7.11 Å². The Morgan fingerprint density at radius 3 is 2.52 bits per heavy atom. The number of amides is 1. The highest BCUT2D eigenvalue weighted by atomic mass is 35.5. The van der Waals surface area contributed by atoms with Crippen LogP contribution in [0.25, 0.3) is 0 Å². The van der Waals surface area contributed by atoms with Crippen molar-refractivity contribution < 1.29 is 9.53 Å². The zero-order valence-corrected chi connectivity index (χ0v) is 13.7. The molecule has 118 valence electrons. The average Bonchev–Trinajstić information content (AvgIpc) is 3.28. The number of carbonyl (C=O) groups is 1. The van der Waals surface area contributed by atoms with E-state index in [0.717, 1.165) is 24.2 Å². The van der Waals surface area contributed by atoms with Gasteiger partial charge in [-0.2, -0.15) is 0 Å². The van der Waals surface area contributed by atoms with Crippen LogP contribution < -0.4 is 10.5 Å². The highest BCUT2D eigenvalue weighted by Gasteiger charge is 2.35. The highest BCUT2D eigenvalue weighted by molar-refractivity contribution is 5.85. The molecule has 0 aromatic heterocycles. The predicted octanol–water partition coefficient (Wildman–Crippen LogP) is 2.59. The van der Waals surface area contributed by atoms with E-state index >= 15 is 0 Å². The van der Waals surface area contributed by atoms with E-state index in [4.69, 9.17) is 10.5 Å². The van der Waals surface area contributed by atoms with E-state index in [1.807, 2.05) is 43.0 Å². The van der Waals surface area contributed by atoms with E-state index in [0.29, 0.717) is 12.6 Å². The van der Waals surface area contributed by atoms with Crippen LogP contribution in [0.4, 0.5) is 0 Å². The van der Waals surface area contributed by atoms with Crippen LogP contribution in [0.15, 0.2) is 24.3 Å². The Bertz CT molecular complexity index is 475. The molecule has 1 fully saturated rings. The molecule has 0 saturated heterocycles. The molecule has 2 rings (SSSR count). The third kappa shape index (κ3) is 4.35. The molecule has 1 aliphatic rings. The number of rotatable bonds is 6. The Hall–Kier alpha value is -1.26. The smallest absolute Gasteiger partial charge is 0.227 e. The lowest BCUT2D eigenvalue weighted by molar-refractivity contribution is -0.136. The molecule has 1 aliphatic carbocycles. The van der Waals surface area contributed by atoms with Crippen LogP contribution in [0.2, 0.25) is 0 Å². The Labute approximate surface area is 133 Å². The summed E-state index contributed by atoms with van der Waals surface area (Å²) in [4.78, 5) is 14.5. The predicted molar refractivity (Wildman–Crippen MR) is 86.6 cm³/mol. The van der Waals surface area contributed by atoms with E-state index in [9.17, 15) is 4.79 Å². The topological polar surface area (TPSA) is 55.6 Å². The fraction of sp³-hybridized carbons (Fsp3) is 0.562. The lowest BCUT2D eigenvalue weighted by Gasteiger charge is -2.28. The molecule has 1 amide bonds. The maximum atomic E-state index is 12.6. The fourth-order valence-corrected chi connectivity index (χ4v) is 2.28. The number of para-hydroxylation sites is 1. The Morgan fingerprint density at radius 1 is 1.38 bits per heavy atom. The summed E-state index contributed by atoms with van der Waals surface area (Å²) in [5.74, 6) is 0.832. The third-order valence-corrected chi connectivity index (χ3v) is 3.98. The summed E-state index contributed by atoms with van der Waals surface area (Å²) < 4.78 is 5.37. The van der Waals surface area contributed by atoms with Gasteiger partial charge in [0.05, 0.1) is 13.0 Å². The molecule has 2 N–H and O–H groups in total. The molecule has 2 unspecified atom stereocenters. The molecule has 0 spiro atoms. The molecule has 0 bridgehead atoms. The van der Waals surface area contributed by atoms with Crippen molar-refractivity contribution in [3.05, 3.63) is 29.8 Å². The van der Waals surface area contributed by atoms with Crippen molar-refractivity contribution in [2.45, 2.75) is 45.3 Å². The molecular formula is C16H25ClN2O2. The summed E-state index contributed by atoms with van der Waals surface area (Å²) in [6.07, 6.45) is 2.18. The van der Waals surface area contributed by atoms with Gasteiger partial charge in [0.15, 0.2) is 0 Å². The monoisotopic (exact) mass is 312 g/mol. The van der Waals surface area contributed by atoms with Gasteiger partial charge in [-0.3, -0.25) is 4.79 Å². The molecule has 4 nitrogen and oxygen atoms in total. The van der Waals surface area contributed by atoms with Crippen LogP contribution in [-0.2, 0) is 11.3 Å². The lowest BCUT2D eigenvalue weighted by Crippen LogP contribution is -2.42. The van der Waals surface area contributed by atoms with Crippen molar-refractivity contribution >= 4 is 18.3 Å². The maximum Gasteiger partial charge on any atom is 0.227 e. The van der Waals surface area contributed by atoms with Crippen LogP contribution in [0.1, 0.15) is 32.3 Å². The van der Waals surface area contributed by atoms with E-state index in [2.05, 4.69) is 0 Å². The van der Waals surface area contributed by atoms with Crippen LogP contribution in [0, 0.1) is 5.92 Å². The zero-order valence-electron chi connectivity index (χ0n) is 12.9. The quantitative estimate of drug-likeness (QED) is 0.878. The maximum absolute atomic E-state index is 12.6. The minimum absolute atomic E-state index is 0. The molecule has 0 radical (unpaired) electrons. The van der Waals surface area contributed by atoms with Crippen LogP contribution in [0.5, 0.6) is 5.75 Å². The minimum Gasteiger partial charge on any atom is -0.496 e. The molecule has 1 aromatic rings. The van der Waals surface area contributed by atoms with Gasteiger partial charge in [-0.15, -0.1) is 12.4 Å². The number of ether oxygens (including phenoxy) is 1. The number of hydrogen-bond donors (Lipinski definition) is 1. The molecule has 21 heavy (non-hydrogen) atoms. The van der Waals surface area contributed by atoms with Gasteiger partial charge in [-0.25, -0.2) is 0 Å². The van der Waals surface area contributed by atoms with Crippen molar-refractivity contribution in [2.24, 2.45) is 11.7 Å². The van der Waals surface area contributed by atoms with Gasteiger partial charge >= 0.3 is 0 Å². The lowest BCUT2D eigenvalue weighted by atomic mass is 10.0. The fourth-order valence-electron chi connectivity index (χ4n) is 2.28. The summed E-state index contributed by atoms with van der Waals surface area (Å²) in [7, 11) is 1.66. The average molecular weight is 313 g/mol. The number of nitrogens with zero attached hydrogens (tertiary/aromatic N) is 1. The van der Waals surface area contributed by atoms with Crippen LogP contribution in [-0.4, -0.2) is 30.0 Å². The van der Waals surface area contributed by atoms with Gasteiger partial charge in [0.2, 0.25) is 5.91 Å². The molecule has 2 atom stereocenters. The van der Waals surface area contributed by atoms with E-state index in [1.54, 1.807) is 7.11 Å². The van der Waals surface area contributed by atoms with Crippen LogP contribution in [0.3, 0.4) is 0 Å². The Balaban J connectivity index is 0.00000220. The molecule has 0 aliphatic heterocycles. The number of halogens is 1. The number of methoxy groups -OCH3 is 1. The van der Waals surface area contributed by atoms with E-state index in [-0.39, 0.29) is 30.3 Å². The van der Waals surface area contributed by atoms with Crippen molar-refractivity contribution in [3.8, 4) is 5.75 Å². The van der Waals surface area contributed by atoms with Crippen molar-refractivity contribution in [3.63, 3.8) is 0 Å². The molecule has 1 aromatic carbocycles. The summed E-state index contributed by atoms with van der Waals surface area (Å²) >= 11 is 0. The number of benzene rings is 1. The van der Waals surface area contributed by atoms with Gasteiger partial charge < -0.3 is 15.4 Å². The van der Waals surface area contributed by atoms with E-state index < -0.39 is 0 Å².